The summed E-state index contributed by atoms with van der Waals surface area (Å²) in [6.45, 7) is -0.00962. The summed E-state index contributed by atoms with van der Waals surface area (Å²) in [6.07, 6.45) is 0. The molecule has 0 unspecified atom stereocenters. The summed E-state index contributed by atoms with van der Waals surface area (Å²) in [6, 6.07) is 7.19. The smallest absolute Gasteiger partial charge is 0.340 e. The SMILES string of the molecule is COCOC(=O)c1cccc(I)c1. The maximum atomic E-state index is 11.3. The molecule has 4 heteroatoms. The van der Waals surface area contributed by atoms with Gasteiger partial charge in [-0.15, -0.1) is 0 Å². The van der Waals surface area contributed by atoms with Crippen molar-refractivity contribution in [2.75, 3.05) is 13.9 Å². The summed E-state index contributed by atoms with van der Waals surface area (Å²) in [4.78, 5) is 11.3. The fraction of sp³-hybridized carbons (Fsp3) is 0.222. The van der Waals surface area contributed by atoms with Crippen LogP contribution in [-0.4, -0.2) is 19.9 Å². The molecule has 0 radical (unpaired) electrons. The van der Waals surface area contributed by atoms with Gasteiger partial charge < -0.3 is 9.47 Å². The average Bonchev–Trinajstić information content (AvgIpc) is 2.14. The molecule has 0 aliphatic heterocycles. The quantitative estimate of drug-likeness (QED) is 0.486. The van der Waals surface area contributed by atoms with E-state index in [2.05, 4.69) is 27.3 Å². The van der Waals surface area contributed by atoms with Gasteiger partial charge in [-0.3, -0.25) is 0 Å². The van der Waals surface area contributed by atoms with Gasteiger partial charge in [0.2, 0.25) is 0 Å². The van der Waals surface area contributed by atoms with Crippen LogP contribution in [0.3, 0.4) is 0 Å². The van der Waals surface area contributed by atoms with Crippen LogP contribution in [-0.2, 0) is 9.47 Å². The first-order chi connectivity index (χ1) is 6.24. The Balaban J connectivity index is 2.66. The number of rotatable bonds is 3. The van der Waals surface area contributed by atoms with E-state index in [1.165, 1.54) is 7.11 Å². The third-order valence-corrected chi connectivity index (χ3v) is 2.04. The number of ether oxygens (including phenoxy) is 2. The zero-order valence-electron chi connectivity index (χ0n) is 7.12. The Morgan fingerprint density at radius 3 is 2.92 bits per heavy atom. The molecule has 0 aliphatic rings. The lowest BCUT2D eigenvalue weighted by Crippen LogP contribution is -2.07. The molecule has 3 nitrogen and oxygen atoms in total. The third-order valence-electron chi connectivity index (χ3n) is 1.37. The lowest BCUT2D eigenvalue weighted by molar-refractivity contribution is -0.0125. The molecule has 0 aliphatic carbocycles. The lowest BCUT2D eigenvalue weighted by Gasteiger charge is -2.02. The predicted molar refractivity (Wildman–Crippen MR) is 56.5 cm³/mol. The van der Waals surface area contributed by atoms with Gasteiger partial charge in [-0.05, 0) is 40.8 Å². The van der Waals surface area contributed by atoms with E-state index in [1.807, 2.05) is 12.1 Å². The molecule has 0 amide bonds. The Hall–Kier alpha value is -0.620. The van der Waals surface area contributed by atoms with Gasteiger partial charge in [0.25, 0.3) is 0 Å². The van der Waals surface area contributed by atoms with E-state index < -0.39 is 0 Å². The summed E-state index contributed by atoms with van der Waals surface area (Å²) in [7, 11) is 1.47. The van der Waals surface area contributed by atoms with Crippen molar-refractivity contribution >= 4 is 28.6 Å². The Morgan fingerprint density at radius 1 is 1.54 bits per heavy atom. The van der Waals surface area contributed by atoms with Gasteiger partial charge in [0, 0.05) is 10.7 Å². The molecule has 0 heterocycles. The Bertz CT molecular complexity index is 299. The van der Waals surface area contributed by atoms with Crippen LogP contribution in [0.5, 0.6) is 0 Å². The molecule has 0 atom stereocenters. The molecule has 1 rings (SSSR count). The van der Waals surface area contributed by atoms with Crippen molar-refractivity contribution in [2.24, 2.45) is 0 Å². The van der Waals surface area contributed by atoms with E-state index in [9.17, 15) is 4.79 Å². The van der Waals surface area contributed by atoms with Crippen molar-refractivity contribution in [3.05, 3.63) is 33.4 Å². The van der Waals surface area contributed by atoms with E-state index in [0.717, 1.165) is 3.57 Å². The van der Waals surface area contributed by atoms with Crippen molar-refractivity contribution < 1.29 is 14.3 Å². The molecule has 0 saturated carbocycles. The molecule has 0 bridgehead atoms. The van der Waals surface area contributed by atoms with E-state index in [-0.39, 0.29) is 12.8 Å². The lowest BCUT2D eigenvalue weighted by atomic mass is 10.2. The number of carbonyl (C=O) groups is 1. The second-order valence-corrected chi connectivity index (χ2v) is 3.59. The van der Waals surface area contributed by atoms with Gasteiger partial charge >= 0.3 is 5.97 Å². The van der Waals surface area contributed by atoms with Gasteiger partial charge in [0.15, 0.2) is 6.79 Å². The minimum Gasteiger partial charge on any atom is -0.435 e. The van der Waals surface area contributed by atoms with Crippen LogP contribution in [0.15, 0.2) is 24.3 Å². The summed E-state index contributed by atoms with van der Waals surface area (Å²) in [5, 5.41) is 0. The largest absolute Gasteiger partial charge is 0.435 e. The van der Waals surface area contributed by atoms with Gasteiger partial charge in [-0.2, -0.15) is 0 Å². The van der Waals surface area contributed by atoms with Crippen LogP contribution in [0.25, 0.3) is 0 Å². The number of hydrogen-bond acceptors (Lipinski definition) is 3. The molecule has 0 saturated heterocycles. The van der Waals surface area contributed by atoms with Crippen molar-refractivity contribution in [1.82, 2.24) is 0 Å². The van der Waals surface area contributed by atoms with Gasteiger partial charge in [0.1, 0.15) is 0 Å². The molecule has 1 aromatic rings. The van der Waals surface area contributed by atoms with Crippen molar-refractivity contribution in [3.8, 4) is 0 Å². The number of benzene rings is 1. The minimum atomic E-state index is -0.361. The number of carbonyl (C=O) groups excluding carboxylic acids is 1. The molecule has 0 N–H and O–H groups in total. The second-order valence-electron chi connectivity index (χ2n) is 2.35. The average molecular weight is 292 g/mol. The summed E-state index contributed by atoms with van der Waals surface area (Å²) in [5.74, 6) is -0.361. The Morgan fingerprint density at radius 2 is 2.31 bits per heavy atom. The molecular weight excluding hydrogens is 283 g/mol. The van der Waals surface area contributed by atoms with E-state index in [4.69, 9.17) is 4.74 Å². The molecule has 13 heavy (non-hydrogen) atoms. The highest BCUT2D eigenvalue weighted by Crippen LogP contribution is 2.08. The third kappa shape index (κ3) is 3.31. The Kier molecular flexibility index (Phi) is 4.17. The predicted octanol–water partition coefficient (Wildman–Crippen LogP) is 2.05. The zero-order valence-corrected chi connectivity index (χ0v) is 9.28. The number of halogens is 1. The first kappa shape index (κ1) is 10.5. The second kappa shape index (κ2) is 5.18. The van der Waals surface area contributed by atoms with Crippen LogP contribution in [0.4, 0.5) is 0 Å². The first-order valence-corrected chi connectivity index (χ1v) is 4.73. The highest BCUT2D eigenvalue weighted by molar-refractivity contribution is 14.1. The first-order valence-electron chi connectivity index (χ1n) is 3.65. The molecule has 0 aromatic heterocycles. The highest BCUT2D eigenvalue weighted by Gasteiger charge is 2.05. The summed E-state index contributed by atoms with van der Waals surface area (Å²) in [5.41, 5.74) is 0.545. The summed E-state index contributed by atoms with van der Waals surface area (Å²) < 4.78 is 10.4. The van der Waals surface area contributed by atoms with Crippen LogP contribution in [0.2, 0.25) is 0 Å². The van der Waals surface area contributed by atoms with Crippen LogP contribution in [0, 0.1) is 3.57 Å². The monoisotopic (exact) mass is 292 g/mol. The maximum Gasteiger partial charge on any atom is 0.340 e. The summed E-state index contributed by atoms with van der Waals surface area (Å²) >= 11 is 2.14. The zero-order chi connectivity index (χ0) is 9.68. The van der Waals surface area contributed by atoms with Gasteiger partial charge in [0.05, 0.1) is 5.56 Å². The number of esters is 1. The number of hydrogen-bond donors (Lipinski definition) is 0. The normalized spacial score (nSPS) is 9.69. The standard InChI is InChI=1S/C9H9IO3/c1-12-6-13-9(11)7-3-2-4-8(10)5-7/h2-5H,6H2,1H3. The molecule has 0 fully saturated rings. The van der Waals surface area contributed by atoms with E-state index in [0.29, 0.717) is 5.56 Å². The van der Waals surface area contributed by atoms with Gasteiger partial charge in [-0.1, -0.05) is 6.07 Å². The van der Waals surface area contributed by atoms with Crippen molar-refractivity contribution in [3.63, 3.8) is 0 Å². The van der Waals surface area contributed by atoms with E-state index >= 15 is 0 Å². The fourth-order valence-corrected chi connectivity index (χ4v) is 1.35. The topological polar surface area (TPSA) is 35.5 Å². The van der Waals surface area contributed by atoms with Crippen LogP contribution >= 0.6 is 22.6 Å². The van der Waals surface area contributed by atoms with Crippen molar-refractivity contribution in [2.45, 2.75) is 0 Å². The van der Waals surface area contributed by atoms with Crippen LogP contribution in [0.1, 0.15) is 10.4 Å². The minimum absolute atomic E-state index is 0.00962. The van der Waals surface area contributed by atoms with Crippen molar-refractivity contribution in [1.29, 1.82) is 0 Å². The Labute approximate surface area is 90.2 Å². The number of methoxy groups -OCH3 is 1. The molecule has 0 spiro atoms. The molecule has 1 aromatic carbocycles. The van der Waals surface area contributed by atoms with E-state index in [1.54, 1.807) is 12.1 Å². The molecular formula is C9H9IO3. The molecule has 70 valence electrons. The van der Waals surface area contributed by atoms with Crippen LogP contribution < -0.4 is 0 Å². The fourth-order valence-electron chi connectivity index (χ4n) is 0.811. The van der Waals surface area contributed by atoms with Gasteiger partial charge in [-0.25, -0.2) is 4.79 Å². The highest BCUT2D eigenvalue weighted by atomic mass is 127. The maximum absolute atomic E-state index is 11.3.